The lowest BCUT2D eigenvalue weighted by Gasteiger charge is -2.31. The number of likely N-dealkylation sites (N-methyl/N-ethyl adjacent to an activating group) is 1. The Morgan fingerprint density at radius 3 is 3.16 bits per heavy atom. The van der Waals surface area contributed by atoms with Gasteiger partial charge < -0.3 is 19.5 Å². The van der Waals surface area contributed by atoms with Crippen molar-refractivity contribution in [3.8, 4) is 0 Å². The molecular formula is C12H20ClN3O3. The highest BCUT2D eigenvalue weighted by molar-refractivity contribution is 5.92. The molecule has 0 bridgehead atoms. The second kappa shape index (κ2) is 7.47. The van der Waals surface area contributed by atoms with Gasteiger partial charge in [0.05, 0.1) is 0 Å². The number of halogens is 1. The van der Waals surface area contributed by atoms with Gasteiger partial charge in [-0.15, -0.1) is 12.4 Å². The molecule has 2 heterocycles. The fourth-order valence-corrected chi connectivity index (χ4v) is 2.18. The molecule has 108 valence electrons. The number of nitrogens with zero attached hydrogens (tertiary/aromatic N) is 2. The Morgan fingerprint density at radius 2 is 2.47 bits per heavy atom. The van der Waals surface area contributed by atoms with Gasteiger partial charge in [-0.2, -0.15) is 0 Å². The molecule has 7 heteroatoms. The van der Waals surface area contributed by atoms with Crippen LogP contribution in [0.15, 0.2) is 10.6 Å². The smallest absolute Gasteiger partial charge is 0.276 e. The van der Waals surface area contributed by atoms with E-state index in [2.05, 4.69) is 10.5 Å². The first-order valence-corrected chi connectivity index (χ1v) is 6.15. The Labute approximate surface area is 118 Å². The SMILES string of the molecule is CNC1CCCN(C(=O)c2cc(COC)on2)C1.Cl. The number of amides is 1. The number of nitrogens with one attached hydrogen (secondary N) is 1. The van der Waals surface area contributed by atoms with E-state index in [-0.39, 0.29) is 18.3 Å². The number of hydrogen-bond acceptors (Lipinski definition) is 5. The van der Waals surface area contributed by atoms with Gasteiger partial charge in [0, 0.05) is 32.3 Å². The topological polar surface area (TPSA) is 67.6 Å². The average molecular weight is 290 g/mol. The lowest BCUT2D eigenvalue weighted by molar-refractivity contribution is 0.0687. The third-order valence-corrected chi connectivity index (χ3v) is 3.18. The molecule has 1 N–H and O–H groups in total. The Hall–Kier alpha value is -1.11. The van der Waals surface area contributed by atoms with Crippen LogP contribution in [0.5, 0.6) is 0 Å². The molecule has 0 spiro atoms. The van der Waals surface area contributed by atoms with E-state index in [9.17, 15) is 4.79 Å². The maximum Gasteiger partial charge on any atom is 0.276 e. The summed E-state index contributed by atoms with van der Waals surface area (Å²) in [5, 5.41) is 7.00. The Morgan fingerprint density at radius 1 is 1.68 bits per heavy atom. The van der Waals surface area contributed by atoms with Gasteiger partial charge >= 0.3 is 0 Å². The van der Waals surface area contributed by atoms with Crippen molar-refractivity contribution in [2.45, 2.75) is 25.5 Å². The molecular weight excluding hydrogens is 270 g/mol. The first-order valence-electron chi connectivity index (χ1n) is 6.15. The number of rotatable bonds is 4. The fourth-order valence-electron chi connectivity index (χ4n) is 2.18. The molecule has 1 fully saturated rings. The summed E-state index contributed by atoms with van der Waals surface area (Å²) in [6.45, 7) is 1.84. The summed E-state index contributed by atoms with van der Waals surface area (Å²) in [5.74, 6) is 0.504. The van der Waals surface area contributed by atoms with Crippen molar-refractivity contribution in [3.05, 3.63) is 17.5 Å². The average Bonchev–Trinajstić information content (AvgIpc) is 2.87. The molecule has 0 aromatic carbocycles. The monoisotopic (exact) mass is 289 g/mol. The van der Waals surface area contributed by atoms with Crippen LogP contribution in [0.1, 0.15) is 29.1 Å². The number of carbonyl (C=O) groups excluding carboxylic acids is 1. The second-order valence-corrected chi connectivity index (χ2v) is 4.49. The third-order valence-electron chi connectivity index (χ3n) is 3.18. The van der Waals surface area contributed by atoms with Crippen LogP contribution in [0.3, 0.4) is 0 Å². The van der Waals surface area contributed by atoms with Crippen LogP contribution in [0, 0.1) is 0 Å². The Bertz CT molecular complexity index is 411. The number of carbonyl (C=O) groups is 1. The van der Waals surface area contributed by atoms with E-state index < -0.39 is 0 Å². The lowest BCUT2D eigenvalue weighted by Crippen LogP contribution is -2.47. The van der Waals surface area contributed by atoms with Crippen molar-refractivity contribution in [2.24, 2.45) is 0 Å². The molecule has 0 saturated carbocycles. The molecule has 1 aromatic rings. The highest BCUT2D eigenvalue weighted by Gasteiger charge is 2.25. The van der Waals surface area contributed by atoms with Crippen LogP contribution >= 0.6 is 12.4 Å². The molecule has 1 unspecified atom stereocenters. The van der Waals surface area contributed by atoms with E-state index in [1.807, 2.05) is 11.9 Å². The zero-order valence-corrected chi connectivity index (χ0v) is 12.0. The number of piperidine rings is 1. The maximum absolute atomic E-state index is 12.2. The van der Waals surface area contributed by atoms with Gasteiger partial charge in [0.15, 0.2) is 11.5 Å². The van der Waals surface area contributed by atoms with Crippen LogP contribution in [0.2, 0.25) is 0 Å². The highest BCUT2D eigenvalue weighted by Crippen LogP contribution is 2.14. The first kappa shape index (κ1) is 15.9. The van der Waals surface area contributed by atoms with E-state index in [0.29, 0.717) is 24.1 Å². The van der Waals surface area contributed by atoms with Gasteiger partial charge in [-0.3, -0.25) is 4.79 Å². The molecule has 1 atom stereocenters. The number of aromatic nitrogens is 1. The van der Waals surface area contributed by atoms with Gasteiger partial charge in [0.2, 0.25) is 0 Å². The molecule has 1 aliphatic rings. The molecule has 6 nitrogen and oxygen atoms in total. The number of likely N-dealkylation sites (tertiary alicyclic amines) is 1. The number of hydrogen-bond donors (Lipinski definition) is 1. The summed E-state index contributed by atoms with van der Waals surface area (Å²) >= 11 is 0. The van der Waals surface area contributed by atoms with Crippen molar-refractivity contribution in [2.75, 3.05) is 27.2 Å². The predicted octanol–water partition coefficient (Wildman–Crippen LogP) is 1.07. The molecule has 0 aliphatic carbocycles. The minimum Gasteiger partial charge on any atom is -0.377 e. The molecule has 1 aliphatic heterocycles. The van der Waals surface area contributed by atoms with E-state index >= 15 is 0 Å². The Kier molecular flexibility index (Phi) is 6.27. The zero-order chi connectivity index (χ0) is 13.0. The van der Waals surface area contributed by atoms with E-state index in [4.69, 9.17) is 9.26 Å². The first-order chi connectivity index (χ1) is 8.74. The van der Waals surface area contributed by atoms with Gasteiger partial charge in [-0.1, -0.05) is 5.16 Å². The molecule has 1 saturated heterocycles. The van der Waals surface area contributed by atoms with Gasteiger partial charge in [-0.05, 0) is 19.9 Å². The third kappa shape index (κ3) is 3.92. The van der Waals surface area contributed by atoms with Crippen LogP contribution < -0.4 is 5.32 Å². The molecule has 0 radical (unpaired) electrons. The maximum atomic E-state index is 12.2. The summed E-state index contributed by atoms with van der Waals surface area (Å²) in [6.07, 6.45) is 2.12. The quantitative estimate of drug-likeness (QED) is 0.898. The van der Waals surface area contributed by atoms with E-state index in [0.717, 1.165) is 25.9 Å². The highest BCUT2D eigenvalue weighted by atomic mass is 35.5. The molecule has 1 aromatic heterocycles. The molecule has 19 heavy (non-hydrogen) atoms. The van der Waals surface area contributed by atoms with Crippen LogP contribution in [0.4, 0.5) is 0 Å². The largest absolute Gasteiger partial charge is 0.377 e. The van der Waals surface area contributed by atoms with Crippen LogP contribution in [-0.4, -0.2) is 49.3 Å². The van der Waals surface area contributed by atoms with Crippen molar-refractivity contribution in [3.63, 3.8) is 0 Å². The van der Waals surface area contributed by atoms with Crippen molar-refractivity contribution < 1.29 is 14.1 Å². The lowest BCUT2D eigenvalue weighted by atomic mass is 10.1. The normalized spacial score (nSPS) is 19.1. The molecule has 1 amide bonds. The van der Waals surface area contributed by atoms with Gasteiger partial charge in [-0.25, -0.2) is 0 Å². The van der Waals surface area contributed by atoms with E-state index in [1.165, 1.54) is 0 Å². The minimum atomic E-state index is -0.0685. The fraction of sp³-hybridized carbons (Fsp3) is 0.667. The Balaban J connectivity index is 0.00000180. The van der Waals surface area contributed by atoms with Crippen molar-refractivity contribution in [1.82, 2.24) is 15.4 Å². The van der Waals surface area contributed by atoms with Crippen LogP contribution in [0.25, 0.3) is 0 Å². The van der Waals surface area contributed by atoms with Gasteiger partial charge in [0.1, 0.15) is 6.61 Å². The van der Waals surface area contributed by atoms with Gasteiger partial charge in [0.25, 0.3) is 5.91 Å². The van der Waals surface area contributed by atoms with Crippen molar-refractivity contribution in [1.29, 1.82) is 0 Å². The summed E-state index contributed by atoms with van der Waals surface area (Å²) in [7, 11) is 3.50. The molecule has 2 rings (SSSR count). The number of methoxy groups -OCH3 is 1. The van der Waals surface area contributed by atoms with E-state index in [1.54, 1.807) is 13.2 Å². The zero-order valence-electron chi connectivity index (χ0n) is 11.2. The number of ether oxygens (including phenoxy) is 1. The predicted molar refractivity (Wildman–Crippen MR) is 72.4 cm³/mol. The summed E-state index contributed by atoms with van der Waals surface area (Å²) in [6, 6.07) is 2.02. The van der Waals surface area contributed by atoms with Crippen molar-refractivity contribution >= 4 is 18.3 Å². The summed E-state index contributed by atoms with van der Waals surface area (Å²) in [5.41, 5.74) is 0.360. The summed E-state index contributed by atoms with van der Waals surface area (Å²) < 4.78 is 9.96. The van der Waals surface area contributed by atoms with Crippen LogP contribution in [-0.2, 0) is 11.3 Å². The minimum absolute atomic E-state index is 0. The second-order valence-electron chi connectivity index (χ2n) is 4.49. The standard InChI is InChI=1S/C12H19N3O3.ClH/c1-13-9-4-3-5-15(7-9)12(16)11-6-10(8-17-2)18-14-11;/h6,9,13H,3-5,7-8H2,1-2H3;1H. The summed E-state index contributed by atoms with van der Waals surface area (Å²) in [4.78, 5) is 14.0.